The number of aromatic nitrogens is 1. The number of piperazine rings is 1. The third-order valence-corrected chi connectivity index (χ3v) is 6.87. The van der Waals surface area contributed by atoms with E-state index in [1.54, 1.807) is 9.80 Å². The van der Waals surface area contributed by atoms with Crippen molar-refractivity contribution < 1.29 is 18.0 Å². The summed E-state index contributed by atoms with van der Waals surface area (Å²) in [6.07, 6.45) is 5.00. The maximum Gasteiger partial charge on any atom is 0.317 e. The highest BCUT2D eigenvalue weighted by Crippen LogP contribution is 2.24. The standard InChI is InChI=1S/C25H32F3N5O/c1-18-16-32(21-14-22(26)24(28)23(27)15-21)12-13-33(18)25(34)30-9-5-19-6-10-31(11-7-19)17-20-4-2-3-8-29-20/h2-4,8,14-15,18-19H,5-7,9-13,16-17H2,1H3,(H,30,34)/t18-/m1/s1. The number of amides is 2. The maximum absolute atomic E-state index is 13.6. The Morgan fingerprint density at radius 1 is 1.09 bits per heavy atom. The van der Waals surface area contributed by atoms with Gasteiger partial charge in [0.1, 0.15) is 0 Å². The number of nitrogens with one attached hydrogen (secondary N) is 1. The van der Waals surface area contributed by atoms with Crippen LogP contribution >= 0.6 is 0 Å². The van der Waals surface area contributed by atoms with Gasteiger partial charge in [0.05, 0.1) is 5.69 Å². The summed E-state index contributed by atoms with van der Waals surface area (Å²) in [6, 6.07) is 7.75. The lowest BCUT2D eigenvalue weighted by Crippen LogP contribution is -2.56. The summed E-state index contributed by atoms with van der Waals surface area (Å²) < 4.78 is 40.4. The van der Waals surface area contributed by atoms with E-state index in [0.717, 1.165) is 56.7 Å². The quantitative estimate of drug-likeness (QED) is 0.642. The number of carbonyl (C=O) groups excluding carboxylic acids is 1. The van der Waals surface area contributed by atoms with E-state index >= 15 is 0 Å². The maximum atomic E-state index is 13.6. The summed E-state index contributed by atoms with van der Waals surface area (Å²) in [5.74, 6) is -3.28. The molecule has 2 saturated heterocycles. The summed E-state index contributed by atoms with van der Waals surface area (Å²) >= 11 is 0. The van der Waals surface area contributed by atoms with Gasteiger partial charge < -0.3 is 15.1 Å². The van der Waals surface area contributed by atoms with Crippen molar-refractivity contribution in [2.24, 2.45) is 5.92 Å². The molecule has 0 unspecified atom stereocenters. The van der Waals surface area contributed by atoms with Crippen molar-refractivity contribution in [3.63, 3.8) is 0 Å². The van der Waals surface area contributed by atoms with Gasteiger partial charge in [0.15, 0.2) is 17.5 Å². The van der Waals surface area contributed by atoms with Gasteiger partial charge in [0, 0.05) is 62.8 Å². The van der Waals surface area contributed by atoms with E-state index in [2.05, 4.69) is 21.3 Å². The number of carbonyl (C=O) groups is 1. The van der Waals surface area contributed by atoms with Gasteiger partial charge in [0.2, 0.25) is 0 Å². The molecule has 2 amide bonds. The fourth-order valence-corrected chi connectivity index (χ4v) is 4.86. The molecule has 6 nitrogen and oxygen atoms in total. The smallest absolute Gasteiger partial charge is 0.317 e. The number of hydrogen-bond donors (Lipinski definition) is 1. The summed E-state index contributed by atoms with van der Waals surface area (Å²) in [4.78, 5) is 23.1. The van der Waals surface area contributed by atoms with E-state index in [9.17, 15) is 18.0 Å². The number of benzene rings is 1. The lowest BCUT2D eigenvalue weighted by Gasteiger charge is -2.41. The van der Waals surface area contributed by atoms with Crippen molar-refractivity contribution in [1.29, 1.82) is 0 Å². The van der Waals surface area contributed by atoms with Gasteiger partial charge in [0.25, 0.3) is 0 Å². The van der Waals surface area contributed by atoms with Crippen LogP contribution in [-0.2, 0) is 6.54 Å². The summed E-state index contributed by atoms with van der Waals surface area (Å²) in [7, 11) is 0. The molecule has 34 heavy (non-hydrogen) atoms. The van der Waals surface area contributed by atoms with Crippen LogP contribution in [0.25, 0.3) is 0 Å². The highest BCUT2D eigenvalue weighted by Gasteiger charge is 2.28. The largest absolute Gasteiger partial charge is 0.368 e. The van der Waals surface area contributed by atoms with Crippen LogP contribution in [0.3, 0.4) is 0 Å². The number of halogens is 3. The first kappa shape index (κ1) is 24.3. The zero-order chi connectivity index (χ0) is 24.1. The fraction of sp³-hybridized carbons (Fsp3) is 0.520. The van der Waals surface area contributed by atoms with E-state index in [-0.39, 0.29) is 17.8 Å². The molecule has 9 heteroatoms. The number of pyridine rings is 1. The molecule has 1 aromatic heterocycles. The molecule has 1 atom stereocenters. The Kier molecular flexibility index (Phi) is 7.92. The molecule has 0 aliphatic carbocycles. The van der Waals surface area contributed by atoms with Gasteiger partial charge in [-0.05, 0) is 57.3 Å². The van der Waals surface area contributed by atoms with Gasteiger partial charge in [-0.2, -0.15) is 0 Å². The number of likely N-dealkylation sites (tertiary alicyclic amines) is 1. The first-order valence-electron chi connectivity index (χ1n) is 12.0. The number of nitrogens with zero attached hydrogens (tertiary/aromatic N) is 4. The SMILES string of the molecule is C[C@@H]1CN(c2cc(F)c(F)c(F)c2)CCN1C(=O)NCCC1CCN(Cc2ccccn2)CC1. The number of rotatable bonds is 6. The normalized spacial score (nSPS) is 19.9. The van der Waals surface area contributed by atoms with Crippen LogP contribution in [0.4, 0.5) is 23.7 Å². The third-order valence-electron chi connectivity index (χ3n) is 6.87. The van der Waals surface area contributed by atoms with E-state index in [1.165, 1.54) is 0 Å². The Morgan fingerprint density at radius 3 is 2.47 bits per heavy atom. The molecule has 2 aliphatic heterocycles. The van der Waals surface area contributed by atoms with E-state index < -0.39 is 17.5 Å². The fourth-order valence-electron chi connectivity index (χ4n) is 4.86. The number of anilines is 1. The van der Waals surface area contributed by atoms with Crippen molar-refractivity contribution >= 4 is 11.7 Å². The first-order chi connectivity index (χ1) is 16.4. The Labute approximate surface area is 198 Å². The van der Waals surface area contributed by atoms with E-state index in [4.69, 9.17) is 0 Å². The zero-order valence-electron chi connectivity index (χ0n) is 19.5. The van der Waals surface area contributed by atoms with Crippen molar-refractivity contribution in [1.82, 2.24) is 20.1 Å². The Balaban J connectivity index is 1.17. The second-order valence-electron chi connectivity index (χ2n) is 9.27. The molecule has 4 rings (SSSR count). The topological polar surface area (TPSA) is 51.7 Å². The van der Waals surface area contributed by atoms with Crippen molar-refractivity contribution in [2.75, 3.05) is 44.2 Å². The number of piperidine rings is 1. The molecule has 0 spiro atoms. The van der Waals surface area contributed by atoms with E-state index in [1.807, 2.05) is 25.3 Å². The summed E-state index contributed by atoms with van der Waals surface area (Å²) in [6.45, 7) is 6.77. The van der Waals surface area contributed by atoms with Gasteiger partial charge >= 0.3 is 6.03 Å². The number of hydrogen-bond acceptors (Lipinski definition) is 4. The van der Waals surface area contributed by atoms with Gasteiger partial charge in [-0.3, -0.25) is 9.88 Å². The van der Waals surface area contributed by atoms with Crippen LogP contribution in [-0.4, -0.2) is 66.1 Å². The second-order valence-corrected chi connectivity index (χ2v) is 9.27. The van der Waals surface area contributed by atoms with Crippen LogP contribution in [0.1, 0.15) is 31.9 Å². The second kappa shape index (κ2) is 11.1. The Morgan fingerprint density at radius 2 is 1.82 bits per heavy atom. The average Bonchev–Trinajstić information content (AvgIpc) is 2.84. The minimum Gasteiger partial charge on any atom is -0.368 e. The molecule has 0 radical (unpaired) electrons. The highest BCUT2D eigenvalue weighted by atomic mass is 19.2. The molecular formula is C25H32F3N5O. The third kappa shape index (κ3) is 6.00. The lowest BCUT2D eigenvalue weighted by molar-refractivity contribution is 0.162. The Hall–Kier alpha value is -2.81. The predicted molar refractivity (Wildman–Crippen MR) is 125 cm³/mol. The zero-order valence-corrected chi connectivity index (χ0v) is 19.5. The van der Waals surface area contributed by atoms with Gasteiger partial charge in [-0.15, -0.1) is 0 Å². The van der Waals surface area contributed by atoms with Crippen molar-refractivity contribution in [3.8, 4) is 0 Å². The van der Waals surface area contributed by atoms with Crippen LogP contribution in [0, 0.1) is 23.4 Å². The molecule has 0 saturated carbocycles. The van der Waals surface area contributed by atoms with Crippen LogP contribution in [0.15, 0.2) is 36.5 Å². The predicted octanol–water partition coefficient (Wildman–Crippen LogP) is 4.02. The van der Waals surface area contributed by atoms with Crippen molar-refractivity contribution in [3.05, 3.63) is 59.7 Å². The van der Waals surface area contributed by atoms with Crippen molar-refractivity contribution in [2.45, 2.75) is 38.8 Å². The first-order valence-corrected chi connectivity index (χ1v) is 12.0. The minimum absolute atomic E-state index is 0.115. The van der Waals surface area contributed by atoms with Gasteiger partial charge in [-0.1, -0.05) is 6.07 Å². The molecule has 0 bridgehead atoms. The van der Waals surface area contributed by atoms with Crippen LogP contribution in [0.2, 0.25) is 0 Å². The molecule has 1 aromatic carbocycles. The number of urea groups is 1. The molecule has 2 aliphatic rings. The van der Waals surface area contributed by atoms with Crippen LogP contribution in [0.5, 0.6) is 0 Å². The lowest BCUT2D eigenvalue weighted by atomic mass is 9.93. The molecule has 2 fully saturated rings. The summed E-state index contributed by atoms with van der Waals surface area (Å²) in [5, 5.41) is 3.04. The molecule has 184 valence electrons. The summed E-state index contributed by atoms with van der Waals surface area (Å²) in [5.41, 5.74) is 1.38. The molecular weight excluding hydrogens is 443 g/mol. The molecule has 2 aromatic rings. The highest BCUT2D eigenvalue weighted by molar-refractivity contribution is 5.75. The molecule has 1 N–H and O–H groups in total. The van der Waals surface area contributed by atoms with E-state index in [0.29, 0.717) is 32.1 Å². The van der Waals surface area contributed by atoms with Crippen LogP contribution < -0.4 is 10.2 Å². The monoisotopic (exact) mass is 475 g/mol. The minimum atomic E-state index is -1.46. The average molecular weight is 476 g/mol. The van der Waals surface area contributed by atoms with Gasteiger partial charge in [-0.25, -0.2) is 18.0 Å². The Bertz CT molecular complexity index is 945. The molecule has 3 heterocycles.